The van der Waals surface area contributed by atoms with E-state index in [2.05, 4.69) is 62.5 Å². The number of carbonyl (C=O) groups is 2. The summed E-state index contributed by atoms with van der Waals surface area (Å²) in [5.41, 5.74) is 23.8. The molecule has 13 N–H and O–H groups in total. The molecule has 29 nitrogen and oxygen atoms in total. The number of rotatable bonds is 28. The summed E-state index contributed by atoms with van der Waals surface area (Å²) in [6.07, 6.45) is -0.446. The standard InChI is InChI=1S/C44H52N11O18P3S2/c1-26(27-7-10-31(42(56)57)34(18-27)40-32-11-8-29(45)19-35(32)70-36-20-30(46)9-12-33(36)40)49-15-17-77-78-25-67-16-4-2-3-13-50-43(58)51-14-5-6-28-22-55(44(59)53-41(28)47)39-21-37(68-24-52-54-48)38(71-39)23-69-75(63,64)73-76(65,66)72-74(60,61)62/h7-12,18-20,22,37-39,45,49H,1-4,13-17,21,23-25,46H2,(H,56,57)(H,63,64)(H,65,66)(H2,47,53,59)(H2,50,51,58)(H2,60,61,62)/t37-,38-,39-/m1/s1. The molecule has 5 atom stereocenters. The number of carboxylic acid groups (broad SMARTS) is 1. The first-order valence-corrected chi connectivity index (χ1v) is 29.9. The number of nitrogens with one attached hydrogen (secondary N) is 4. The SMILES string of the molecule is C=C(NCCSSCOCCCCCNC(=O)NCC#Cc1cn([C@H]2C[C@@H](OCN=[N+]=[N-])[C@@H](COP(=O)(O)OP(=O)(O)OP(=O)(O)O)O2)c(=O)nc1N)c1ccc(C(=O)O)c(-c2c3ccc(=N)cc-3oc3cc(N)ccc23)c1. The van der Waals surface area contributed by atoms with E-state index in [1.165, 1.54) is 6.20 Å². The van der Waals surface area contributed by atoms with E-state index in [4.69, 9.17) is 50.8 Å². The lowest BCUT2D eigenvalue weighted by molar-refractivity contribution is -0.0601. The van der Waals surface area contributed by atoms with E-state index in [1.54, 1.807) is 76.2 Å². The molecular weight excluding hydrogens is 1130 g/mol. The number of phosphoric acid groups is 3. The Morgan fingerprint density at radius 2 is 1.78 bits per heavy atom. The van der Waals surface area contributed by atoms with Crippen molar-refractivity contribution in [3.63, 3.8) is 0 Å². The minimum atomic E-state index is -5.82. The number of hydrogen-bond donors (Lipinski definition) is 11. The Bertz CT molecular complexity index is 3370. The number of ether oxygens (including phenoxy) is 3. The maximum absolute atomic E-state index is 12.8. The summed E-state index contributed by atoms with van der Waals surface area (Å²) < 4.78 is 71.0. The van der Waals surface area contributed by atoms with E-state index >= 15 is 0 Å². The monoisotopic (exact) mass is 1180 g/mol. The Kier molecular flexibility index (Phi) is 21.9. The van der Waals surface area contributed by atoms with Gasteiger partial charge in [0, 0.05) is 83.0 Å². The Morgan fingerprint density at radius 1 is 0.987 bits per heavy atom. The third-order valence-electron chi connectivity index (χ3n) is 10.9. The lowest BCUT2D eigenvalue weighted by Gasteiger charge is -2.21. The molecule has 2 amide bonds. The van der Waals surface area contributed by atoms with Crippen LogP contribution in [0.4, 0.5) is 16.3 Å². The van der Waals surface area contributed by atoms with Crippen molar-refractivity contribution in [1.82, 2.24) is 25.5 Å². The maximum atomic E-state index is 12.8. The Labute approximate surface area is 450 Å². The molecule has 1 saturated heterocycles. The molecule has 3 heterocycles. The van der Waals surface area contributed by atoms with Gasteiger partial charge in [-0.05, 0) is 72.3 Å². The van der Waals surface area contributed by atoms with Crippen LogP contribution in [0.3, 0.4) is 0 Å². The number of urea groups is 1. The maximum Gasteiger partial charge on any atom is 0.490 e. The highest BCUT2D eigenvalue weighted by molar-refractivity contribution is 8.76. The van der Waals surface area contributed by atoms with Gasteiger partial charge in [0.25, 0.3) is 0 Å². The molecule has 0 bridgehead atoms. The number of anilines is 2. The van der Waals surface area contributed by atoms with Gasteiger partial charge in [-0.3, -0.25) is 9.09 Å². The number of carbonyl (C=O) groups excluding carboxylic acids is 1. The number of unbranched alkanes of at least 4 members (excludes halogenated alkanes) is 2. The van der Waals surface area contributed by atoms with Crippen molar-refractivity contribution in [3.05, 3.63) is 110 Å². The molecule has 0 spiro atoms. The lowest BCUT2D eigenvalue weighted by atomic mass is 9.89. The highest BCUT2D eigenvalue weighted by atomic mass is 33.1. The molecule has 78 heavy (non-hydrogen) atoms. The molecule has 2 aliphatic heterocycles. The van der Waals surface area contributed by atoms with Crippen LogP contribution in [0.15, 0.2) is 81.7 Å². The predicted octanol–water partition coefficient (Wildman–Crippen LogP) is 5.82. The molecule has 3 aromatic rings. The van der Waals surface area contributed by atoms with Crippen LogP contribution in [0.5, 0.6) is 0 Å². The van der Waals surface area contributed by atoms with Gasteiger partial charge in [-0.15, -0.1) is 0 Å². The second kappa shape index (κ2) is 28.1. The van der Waals surface area contributed by atoms with Crippen molar-refractivity contribution in [2.24, 2.45) is 5.11 Å². The Morgan fingerprint density at radius 3 is 2.54 bits per heavy atom. The number of azide groups is 1. The first-order chi connectivity index (χ1) is 37.0. The number of nitrogens with two attached hydrogens (primary N) is 2. The molecule has 0 radical (unpaired) electrons. The highest BCUT2D eigenvalue weighted by Crippen LogP contribution is 2.66. The van der Waals surface area contributed by atoms with Crippen LogP contribution >= 0.6 is 45.1 Å². The number of aromatic carboxylic acids is 1. The van der Waals surface area contributed by atoms with Crippen LogP contribution in [-0.2, 0) is 41.1 Å². The number of phosphoric ester groups is 1. The molecule has 1 aliphatic carbocycles. The van der Waals surface area contributed by atoms with E-state index in [0.717, 1.165) is 23.2 Å². The van der Waals surface area contributed by atoms with Gasteiger partial charge in [-0.25, -0.2) is 28.1 Å². The van der Waals surface area contributed by atoms with Gasteiger partial charge in [-0.1, -0.05) is 51.2 Å². The zero-order valence-electron chi connectivity index (χ0n) is 40.8. The predicted molar refractivity (Wildman–Crippen MR) is 286 cm³/mol. The van der Waals surface area contributed by atoms with Gasteiger partial charge in [0.1, 0.15) is 42.2 Å². The van der Waals surface area contributed by atoms with E-state index in [9.17, 15) is 43.0 Å². The molecule has 0 saturated carbocycles. The van der Waals surface area contributed by atoms with Crippen LogP contribution in [0.1, 0.15) is 53.4 Å². The normalized spacial score (nSPS) is 16.8. The van der Waals surface area contributed by atoms with Crippen LogP contribution in [0.25, 0.3) is 49.6 Å². The molecule has 3 aliphatic rings. The number of carboxylic acids is 1. The summed E-state index contributed by atoms with van der Waals surface area (Å²) in [6, 6.07) is 14.7. The summed E-state index contributed by atoms with van der Waals surface area (Å²) in [7, 11) is -13.9. The topological polar surface area (TPSA) is 451 Å². The van der Waals surface area contributed by atoms with E-state index < -0.39 is 72.9 Å². The number of aromatic nitrogens is 2. The third-order valence-corrected chi connectivity index (χ3v) is 16.8. The molecular formula is C44H52N11O18P3S2. The minimum Gasteiger partial charge on any atom is -0.478 e. The summed E-state index contributed by atoms with van der Waals surface area (Å²) in [6.45, 7) is 4.05. The number of benzene rings is 3. The number of hydrogen-bond acceptors (Lipinski definition) is 21. The van der Waals surface area contributed by atoms with Crippen molar-refractivity contribution in [3.8, 4) is 34.3 Å². The molecule has 1 aromatic heterocycles. The number of amides is 2. The summed E-state index contributed by atoms with van der Waals surface area (Å²) >= 11 is 0. The fourth-order valence-electron chi connectivity index (χ4n) is 7.49. The summed E-state index contributed by atoms with van der Waals surface area (Å²) in [4.78, 5) is 80.8. The van der Waals surface area contributed by atoms with Crippen molar-refractivity contribution in [2.75, 3.05) is 62.7 Å². The Hall–Kier alpha value is -6.25. The van der Waals surface area contributed by atoms with Gasteiger partial charge >= 0.3 is 41.2 Å². The van der Waals surface area contributed by atoms with Crippen LogP contribution < -0.4 is 38.5 Å². The molecule has 34 heteroatoms. The smallest absolute Gasteiger partial charge is 0.478 e. The average molecular weight is 1180 g/mol. The van der Waals surface area contributed by atoms with Crippen LogP contribution in [-0.4, -0.2) is 110 Å². The van der Waals surface area contributed by atoms with Crippen LogP contribution in [0.2, 0.25) is 0 Å². The van der Waals surface area contributed by atoms with Gasteiger partial charge in [0.05, 0.1) is 35.7 Å². The zero-order chi connectivity index (χ0) is 56.6. The van der Waals surface area contributed by atoms with E-state index in [0.29, 0.717) is 82.4 Å². The van der Waals surface area contributed by atoms with Gasteiger partial charge < -0.3 is 76.1 Å². The number of fused-ring (bicyclic) bond motifs is 2. The first kappa shape index (κ1) is 61.0. The molecule has 6 rings (SSSR count). The fraction of sp³-hybridized carbons (Fsp3) is 0.341. The quantitative estimate of drug-likeness (QED) is 0.00268. The largest absolute Gasteiger partial charge is 0.490 e. The molecule has 2 aromatic carbocycles. The van der Waals surface area contributed by atoms with E-state index in [1.807, 2.05) is 0 Å². The minimum absolute atomic E-state index is 0.0443. The first-order valence-electron chi connectivity index (χ1n) is 22.9. The molecule has 1 fully saturated rings. The fourth-order valence-corrected chi connectivity index (χ4v) is 12.1. The summed E-state index contributed by atoms with van der Waals surface area (Å²) in [5.74, 6) is 5.64. The van der Waals surface area contributed by atoms with Crippen LogP contribution in [0, 0.1) is 17.3 Å². The summed E-state index contributed by atoms with van der Waals surface area (Å²) in [5, 5.41) is 31.1. The zero-order valence-corrected chi connectivity index (χ0v) is 45.1. The number of nitrogens with zero attached hydrogens (tertiary/aromatic N) is 5. The Balaban J connectivity index is 0.865. The number of nitrogen functional groups attached to an aromatic ring is 2. The van der Waals surface area contributed by atoms with Gasteiger partial charge in [-0.2, -0.15) is 13.6 Å². The van der Waals surface area contributed by atoms with Crippen molar-refractivity contribution in [2.45, 2.75) is 44.1 Å². The van der Waals surface area contributed by atoms with Crippen molar-refractivity contribution < 1.29 is 79.7 Å². The highest BCUT2D eigenvalue weighted by Gasteiger charge is 2.44. The van der Waals surface area contributed by atoms with Crippen molar-refractivity contribution >= 4 is 85.2 Å². The second-order valence-corrected chi connectivity index (χ2v) is 23.3. The van der Waals surface area contributed by atoms with E-state index in [-0.39, 0.29) is 35.3 Å². The molecule has 2 unspecified atom stereocenters. The lowest BCUT2D eigenvalue weighted by Crippen LogP contribution is -2.36. The van der Waals surface area contributed by atoms with Gasteiger partial charge in [0.15, 0.2) is 0 Å². The second-order valence-electron chi connectivity index (χ2n) is 16.4. The van der Waals surface area contributed by atoms with Crippen molar-refractivity contribution in [1.29, 1.82) is 5.41 Å². The van der Waals surface area contributed by atoms with Gasteiger partial charge in [0.2, 0.25) is 0 Å². The third kappa shape index (κ3) is 18.2. The average Bonchev–Trinajstić information content (AvgIpc) is 3.82. The molecule has 418 valence electrons.